The van der Waals surface area contributed by atoms with Gasteiger partial charge in [-0.2, -0.15) is 11.4 Å². The first-order chi connectivity index (χ1) is 21.8. The normalized spacial score (nSPS) is 14.0. The molecular weight excluding hydrogens is 716 g/mol. The van der Waals surface area contributed by atoms with Crippen LogP contribution in [0.15, 0.2) is 164 Å². The van der Waals surface area contributed by atoms with Crippen molar-refractivity contribution < 1.29 is 21.1 Å². The molecule has 0 saturated heterocycles. The Morgan fingerprint density at radius 3 is 1.69 bits per heavy atom. The van der Waals surface area contributed by atoms with E-state index < -0.39 is 0 Å². The molecule has 0 aliphatic heterocycles. The smallest absolute Gasteiger partial charge is 0.679 e. The Morgan fingerprint density at radius 2 is 1.04 bits per heavy atom. The molecule has 3 heteroatoms. The maximum absolute atomic E-state index is 5.01. The average molecular weight is 747 g/mol. The molecule has 0 bridgehead atoms. The molecule has 0 saturated carbocycles. The van der Waals surface area contributed by atoms with Crippen molar-refractivity contribution in [1.29, 1.82) is 0 Å². The number of hydrogen-bond acceptors (Lipinski definition) is 0. The van der Waals surface area contributed by atoms with E-state index in [-0.39, 0.29) is 27.1 Å². The summed E-state index contributed by atoms with van der Waals surface area (Å²) in [5, 5.41) is 17.5. The number of fused-ring (bicyclic) bond motifs is 3. The Hall–Kier alpha value is -4.91. The van der Waals surface area contributed by atoms with Gasteiger partial charge in [0.25, 0.3) is 0 Å². The van der Waals surface area contributed by atoms with E-state index in [1.807, 2.05) is 18.2 Å². The molecule has 0 fully saturated rings. The zero-order valence-electron chi connectivity index (χ0n) is 24.7. The molecule has 0 heterocycles. The molecule has 1 unspecified atom stereocenters. The van der Waals surface area contributed by atoms with Crippen LogP contribution in [0, 0.1) is 0 Å². The second-order valence-corrected chi connectivity index (χ2v) is 11.3. The van der Waals surface area contributed by atoms with Gasteiger partial charge in [0.05, 0.1) is 0 Å². The number of allylic oxidation sites excluding steroid dienone is 2. The quantitative estimate of drug-likeness (QED) is 0.152. The van der Waals surface area contributed by atoms with Gasteiger partial charge >= 0.3 is 21.1 Å². The van der Waals surface area contributed by atoms with E-state index in [0.29, 0.717) is 0 Å². The fourth-order valence-corrected chi connectivity index (χ4v) is 6.45. The van der Waals surface area contributed by atoms with Crippen LogP contribution in [0.1, 0.15) is 6.42 Å². The predicted octanol–water partition coefficient (Wildman–Crippen LogP) is 12.7. The third-order valence-corrected chi connectivity index (χ3v) is 8.52. The zero-order chi connectivity index (χ0) is 29.3. The van der Waals surface area contributed by atoms with Crippen molar-refractivity contribution >= 4 is 49.4 Å². The second-order valence-electron chi connectivity index (χ2n) is 11.3. The summed E-state index contributed by atoms with van der Waals surface area (Å²) in [5.74, 6) is 0. The number of benzene rings is 7. The van der Waals surface area contributed by atoms with Gasteiger partial charge in [-0.3, -0.25) is 0 Å². The predicted molar refractivity (Wildman–Crippen MR) is 189 cm³/mol. The number of hydrogen-bond donors (Lipinski definition) is 0. The van der Waals surface area contributed by atoms with Crippen molar-refractivity contribution in [3.63, 3.8) is 0 Å². The summed E-state index contributed by atoms with van der Waals surface area (Å²) >= 11 is 0. The van der Waals surface area contributed by atoms with Crippen molar-refractivity contribution in [1.82, 2.24) is 0 Å². The van der Waals surface area contributed by atoms with Gasteiger partial charge in [0.1, 0.15) is 0 Å². The number of rotatable bonds is 6. The van der Waals surface area contributed by atoms with Gasteiger partial charge in [-0.1, -0.05) is 164 Å². The van der Waals surface area contributed by atoms with E-state index in [1.165, 1.54) is 54.6 Å². The van der Waals surface area contributed by atoms with Gasteiger partial charge in [-0.25, -0.2) is 0 Å². The Labute approximate surface area is 278 Å². The van der Waals surface area contributed by atoms with E-state index in [2.05, 4.69) is 146 Å². The van der Waals surface area contributed by atoms with Gasteiger partial charge in [0.2, 0.25) is 0 Å². The van der Waals surface area contributed by atoms with Crippen LogP contribution < -0.4 is 0 Å². The third-order valence-electron chi connectivity index (χ3n) is 8.52. The SMILES string of the molecule is C1=CCC([N-]c2ccccc2[N-]c2ccc(-c3c4ccccc4c(-c4ccc5ccccc5c4)c4ccccc34)cc2)C=C1.[W+2]. The molecule has 8 rings (SSSR count). The minimum absolute atomic E-state index is 0. The van der Waals surface area contributed by atoms with Crippen molar-refractivity contribution in [3.8, 4) is 22.3 Å². The molecule has 45 heavy (non-hydrogen) atoms. The molecule has 0 spiro atoms. The van der Waals surface area contributed by atoms with Crippen molar-refractivity contribution in [2.24, 2.45) is 0 Å². The molecular formula is C42H30N2W. The molecule has 2 nitrogen and oxygen atoms in total. The molecule has 7 aromatic carbocycles. The standard InChI is InChI=1S/C42H30N2.W/c1-2-14-33(15-3-1)43-39-20-10-11-21-40(39)44-34-26-24-30(25-27-34)41-35-16-6-8-18-37(35)42(38-19-9-7-17-36(38)41)32-23-22-29-12-4-5-13-31(29)28-32;/h1-14,16-28,33H,15H2;/q-2;+2. The number of para-hydroxylation sites is 2. The molecule has 1 aliphatic rings. The topological polar surface area (TPSA) is 28.2 Å². The fourth-order valence-electron chi connectivity index (χ4n) is 6.45. The van der Waals surface area contributed by atoms with E-state index in [0.717, 1.165) is 23.5 Å². The van der Waals surface area contributed by atoms with E-state index >= 15 is 0 Å². The van der Waals surface area contributed by atoms with Gasteiger partial charge in [-0.15, -0.1) is 5.69 Å². The Kier molecular flexibility index (Phi) is 8.07. The van der Waals surface area contributed by atoms with Crippen molar-refractivity contribution in [2.75, 3.05) is 0 Å². The Bertz CT molecular complexity index is 2150. The largest absolute Gasteiger partial charge is 2.00 e. The summed E-state index contributed by atoms with van der Waals surface area (Å²) in [4.78, 5) is 0. The summed E-state index contributed by atoms with van der Waals surface area (Å²) < 4.78 is 0. The van der Waals surface area contributed by atoms with Gasteiger partial charge in [0, 0.05) is 0 Å². The first-order valence-electron chi connectivity index (χ1n) is 15.2. The average Bonchev–Trinajstić information content (AvgIpc) is 3.09. The second kappa shape index (κ2) is 12.6. The van der Waals surface area contributed by atoms with Crippen molar-refractivity contribution in [3.05, 3.63) is 174 Å². The summed E-state index contributed by atoms with van der Waals surface area (Å²) in [6.45, 7) is 0. The van der Waals surface area contributed by atoms with E-state index in [9.17, 15) is 0 Å². The van der Waals surface area contributed by atoms with E-state index in [1.54, 1.807) is 0 Å². The molecule has 0 N–H and O–H groups in total. The van der Waals surface area contributed by atoms with E-state index in [4.69, 9.17) is 10.6 Å². The van der Waals surface area contributed by atoms with Crippen LogP contribution in [0.2, 0.25) is 0 Å². The van der Waals surface area contributed by atoms with Crippen LogP contribution in [0.3, 0.4) is 0 Å². The minimum atomic E-state index is 0. The summed E-state index contributed by atoms with van der Waals surface area (Å²) in [5.41, 5.74) is 7.67. The fraction of sp³-hybridized carbons (Fsp3) is 0.0476. The van der Waals surface area contributed by atoms with Gasteiger partial charge in [-0.05, 0) is 67.1 Å². The van der Waals surface area contributed by atoms with Crippen LogP contribution >= 0.6 is 0 Å². The van der Waals surface area contributed by atoms with Crippen LogP contribution in [0.4, 0.5) is 17.1 Å². The number of nitrogens with zero attached hydrogens (tertiary/aromatic N) is 2. The molecule has 0 radical (unpaired) electrons. The molecule has 7 aromatic rings. The minimum Gasteiger partial charge on any atom is -0.679 e. The van der Waals surface area contributed by atoms with Crippen LogP contribution in [-0.2, 0) is 21.1 Å². The molecule has 1 aliphatic carbocycles. The Balaban J connectivity index is 0.00000325. The third kappa shape index (κ3) is 5.59. The maximum Gasteiger partial charge on any atom is 2.00 e. The van der Waals surface area contributed by atoms with Crippen LogP contribution in [-0.4, -0.2) is 6.04 Å². The first kappa shape index (κ1) is 28.8. The summed E-state index contributed by atoms with van der Waals surface area (Å²) in [6.07, 6.45) is 9.37. The summed E-state index contributed by atoms with van der Waals surface area (Å²) in [7, 11) is 0. The molecule has 0 aromatic heterocycles. The molecule has 214 valence electrons. The van der Waals surface area contributed by atoms with Crippen LogP contribution in [0.5, 0.6) is 0 Å². The zero-order valence-corrected chi connectivity index (χ0v) is 27.6. The van der Waals surface area contributed by atoms with Crippen LogP contribution in [0.25, 0.3) is 65.2 Å². The first-order valence-corrected chi connectivity index (χ1v) is 15.2. The molecule has 0 amide bonds. The van der Waals surface area contributed by atoms with Crippen molar-refractivity contribution in [2.45, 2.75) is 12.5 Å². The molecule has 1 atom stereocenters. The monoisotopic (exact) mass is 746 g/mol. The maximum atomic E-state index is 5.01. The van der Waals surface area contributed by atoms with Gasteiger partial charge < -0.3 is 10.6 Å². The summed E-state index contributed by atoms with van der Waals surface area (Å²) in [6, 6.07) is 50.0. The Morgan fingerprint density at radius 1 is 0.489 bits per heavy atom. The van der Waals surface area contributed by atoms with Gasteiger partial charge in [0.15, 0.2) is 0 Å².